The molecule has 1 unspecified atom stereocenters. The highest BCUT2D eigenvalue weighted by atomic mass is 16.3. The molecule has 148 valence electrons. The number of β-amino-alcohol motifs (C(OH)–C–C–N with tert-alkyl or cyclic N) is 1. The second kappa shape index (κ2) is 8.29. The number of fused-ring (bicyclic) bond motifs is 1. The SMILES string of the molecule is CC(C)Cn1c(CN2CCC(N3CCCC(O)C3)CC2)nc2ccccc21. The van der Waals surface area contributed by atoms with Crippen LogP contribution in [-0.2, 0) is 13.1 Å². The van der Waals surface area contributed by atoms with Gasteiger partial charge in [0.05, 0.1) is 23.7 Å². The largest absolute Gasteiger partial charge is 0.392 e. The van der Waals surface area contributed by atoms with Crippen molar-refractivity contribution in [1.82, 2.24) is 19.4 Å². The van der Waals surface area contributed by atoms with Gasteiger partial charge in [0, 0.05) is 32.2 Å². The fraction of sp³-hybridized carbons (Fsp3) is 0.682. The fourth-order valence-corrected chi connectivity index (χ4v) is 4.77. The molecule has 1 atom stereocenters. The molecule has 5 nitrogen and oxygen atoms in total. The van der Waals surface area contributed by atoms with E-state index in [4.69, 9.17) is 4.98 Å². The number of hydrogen-bond donors (Lipinski definition) is 1. The van der Waals surface area contributed by atoms with E-state index >= 15 is 0 Å². The number of imidazole rings is 1. The van der Waals surface area contributed by atoms with Crippen molar-refractivity contribution in [2.75, 3.05) is 26.2 Å². The maximum atomic E-state index is 9.97. The van der Waals surface area contributed by atoms with Crippen molar-refractivity contribution < 1.29 is 5.11 Å². The number of aliphatic hydroxyl groups is 1. The van der Waals surface area contributed by atoms with Crippen molar-refractivity contribution in [1.29, 1.82) is 0 Å². The lowest BCUT2D eigenvalue weighted by molar-refractivity contribution is 0.0239. The molecule has 0 radical (unpaired) electrons. The van der Waals surface area contributed by atoms with Gasteiger partial charge in [0.1, 0.15) is 5.82 Å². The summed E-state index contributed by atoms with van der Waals surface area (Å²) in [5.74, 6) is 1.81. The number of para-hydroxylation sites is 2. The lowest BCUT2D eigenvalue weighted by atomic mass is 9.99. The second-order valence-electron chi connectivity index (χ2n) is 8.82. The van der Waals surface area contributed by atoms with Crippen LogP contribution < -0.4 is 0 Å². The zero-order chi connectivity index (χ0) is 18.8. The van der Waals surface area contributed by atoms with Crippen molar-refractivity contribution in [2.24, 2.45) is 5.92 Å². The van der Waals surface area contributed by atoms with Crippen molar-refractivity contribution >= 4 is 11.0 Å². The first-order chi connectivity index (χ1) is 13.1. The predicted octanol–water partition coefficient (Wildman–Crippen LogP) is 3.11. The topological polar surface area (TPSA) is 44.5 Å². The van der Waals surface area contributed by atoms with Crippen molar-refractivity contribution in [3.8, 4) is 0 Å². The highest BCUT2D eigenvalue weighted by Crippen LogP contribution is 2.24. The molecule has 1 aromatic carbocycles. The Bertz CT molecular complexity index is 748. The van der Waals surface area contributed by atoms with Crippen LogP contribution >= 0.6 is 0 Å². The van der Waals surface area contributed by atoms with Gasteiger partial charge < -0.3 is 9.67 Å². The highest BCUT2D eigenvalue weighted by molar-refractivity contribution is 5.75. The smallest absolute Gasteiger partial charge is 0.124 e. The maximum Gasteiger partial charge on any atom is 0.124 e. The third-order valence-corrected chi connectivity index (χ3v) is 6.15. The summed E-state index contributed by atoms with van der Waals surface area (Å²) in [6.07, 6.45) is 4.41. The van der Waals surface area contributed by atoms with Crippen LogP contribution in [0.4, 0.5) is 0 Å². The Kier molecular flexibility index (Phi) is 5.81. The molecule has 1 aromatic heterocycles. The number of rotatable bonds is 5. The summed E-state index contributed by atoms with van der Waals surface area (Å²) >= 11 is 0. The highest BCUT2D eigenvalue weighted by Gasteiger charge is 2.28. The number of likely N-dealkylation sites (tertiary alicyclic amines) is 2. The number of hydrogen-bond acceptors (Lipinski definition) is 4. The van der Waals surface area contributed by atoms with Gasteiger partial charge in [-0.05, 0) is 50.3 Å². The van der Waals surface area contributed by atoms with Gasteiger partial charge in [-0.2, -0.15) is 0 Å². The summed E-state index contributed by atoms with van der Waals surface area (Å²) in [5, 5.41) is 9.97. The lowest BCUT2D eigenvalue weighted by Gasteiger charge is -2.41. The van der Waals surface area contributed by atoms with E-state index in [1.54, 1.807) is 0 Å². The lowest BCUT2D eigenvalue weighted by Crippen LogP contribution is -2.49. The first kappa shape index (κ1) is 18.9. The molecule has 5 heteroatoms. The molecule has 0 saturated carbocycles. The van der Waals surface area contributed by atoms with E-state index in [9.17, 15) is 5.11 Å². The summed E-state index contributed by atoms with van der Waals surface area (Å²) in [7, 11) is 0. The van der Waals surface area contributed by atoms with Crippen molar-refractivity contribution in [2.45, 2.75) is 64.8 Å². The van der Waals surface area contributed by atoms with Crippen molar-refractivity contribution in [3.63, 3.8) is 0 Å². The van der Waals surface area contributed by atoms with E-state index in [1.165, 1.54) is 24.2 Å². The zero-order valence-electron chi connectivity index (χ0n) is 16.8. The average Bonchev–Trinajstić information content (AvgIpc) is 2.99. The van der Waals surface area contributed by atoms with Crippen LogP contribution in [0, 0.1) is 5.92 Å². The molecule has 0 spiro atoms. The van der Waals surface area contributed by atoms with Gasteiger partial charge in [-0.1, -0.05) is 26.0 Å². The molecule has 2 aliphatic heterocycles. The van der Waals surface area contributed by atoms with Crippen molar-refractivity contribution in [3.05, 3.63) is 30.1 Å². The van der Waals surface area contributed by atoms with Crippen LogP contribution in [0.2, 0.25) is 0 Å². The number of aromatic nitrogens is 2. The molecule has 0 bridgehead atoms. The Morgan fingerprint density at radius 3 is 2.63 bits per heavy atom. The van der Waals surface area contributed by atoms with Gasteiger partial charge >= 0.3 is 0 Å². The van der Waals surface area contributed by atoms with Gasteiger partial charge in [-0.15, -0.1) is 0 Å². The van der Waals surface area contributed by atoms with Crippen LogP contribution in [0.3, 0.4) is 0 Å². The molecule has 4 rings (SSSR count). The Balaban J connectivity index is 1.41. The Morgan fingerprint density at radius 1 is 1.11 bits per heavy atom. The van der Waals surface area contributed by atoms with E-state index in [0.717, 1.165) is 57.6 Å². The molecule has 2 saturated heterocycles. The first-order valence-corrected chi connectivity index (χ1v) is 10.7. The first-order valence-electron chi connectivity index (χ1n) is 10.7. The Labute approximate surface area is 163 Å². The molecule has 0 amide bonds. The second-order valence-corrected chi connectivity index (χ2v) is 8.82. The molecule has 27 heavy (non-hydrogen) atoms. The van der Waals surface area contributed by atoms with Gasteiger partial charge in [0.2, 0.25) is 0 Å². The van der Waals surface area contributed by atoms with E-state index < -0.39 is 0 Å². The molecular weight excluding hydrogens is 336 g/mol. The van der Waals surface area contributed by atoms with Gasteiger partial charge in [-0.25, -0.2) is 4.98 Å². The minimum atomic E-state index is -0.118. The van der Waals surface area contributed by atoms with E-state index in [2.05, 4.69) is 52.5 Å². The molecule has 0 aliphatic carbocycles. The summed E-state index contributed by atoms with van der Waals surface area (Å²) in [6.45, 7) is 10.8. The molecule has 3 heterocycles. The van der Waals surface area contributed by atoms with Crippen LogP contribution in [0.25, 0.3) is 11.0 Å². The van der Waals surface area contributed by atoms with Crippen LogP contribution in [0.1, 0.15) is 45.4 Å². The zero-order valence-corrected chi connectivity index (χ0v) is 16.8. The number of nitrogens with zero attached hydrogens (tertiary/aromatic N) is 4. The fourth-order valence-electron chi connectivity index (χ4n) is 4.77. The monoisotopic (exact) mass is 370 g/mol. The number of benzene rings is 1. The molecule has 2 aliphatic rings. The predicted molar refractivity (Wildman–Crippen MR) is 110 cm³/mol. The molecule has 2 aromatic rings. The number of piperidine rings is 2. The molecular formula is C22H34N4O. The Hall–Kier alpha value is -1.43. The van der Waals surface area contributed by atoms with Gasteiger partial charge in [0.25, 0.3) is 0 Å². The van der Waals surface area contributed by atoms with Crippen LogP contribution in [-0.4, -0.2) is 62.8 Å². The van der Waals surface area contributed by atoms with Crippen LogP contribution in [0.15, 0.2) is 24.3 Å². The maximum absolute atomic E-state index is 9.97. The minimum absolute atomic E-state index is 0.118. The van der Waals surface area contributed by atoms with Gasteiger partial charge in [-0.3, -0.25) is 9.80 Å². The number of aliphatic hydroxyl groups excluding tert-OH is 1. The summed E-state index contributed by atoms with van der Waals surface area (Å²) in [5.41, 5.74) is 2.38. The van der Waals surface area contributed by atoms with E-state index in [0.29, 0.717) is 12.0 Å². The van der Waals surface area contributed by atoms with E-state index in [-0.39, 0.29) is 6.10 Å². The standard InChI is InChI=1S/C22H34N4O/c1-17(2)14-26-21-8-4-3-7-20(21)23-22(26)16-24-12-9-18(10-13-24)25-11-5-6-19(27)15-25/h3-4,7-8,17-19,27H,5-6,9-16H2,1-2H3. The molecule has 1 N–H and O–H groups in total. The average molecular weight is 371 g/mol. The Morgan fingerprint density at radius 2 is 1.89 bits per heavy atom. The molecule has 2 fully saturated rings. The van der Waals surface area contributed by atoms with E-state index in [1.807, 2.05) is 0 Å². The van der Waals surface area contributed by atoms with Gasteiger partial charge in [0.15, 0.2) is 0 Å². The minimum Gasteiger partial charge on any atom is -0.392 e. The van der Waals surface area contributed by atoms with Crippen LogP contribution in [0.5, 0.6) is 0 Å². The third-order valence-electron chi connectivity index (χ3n) is 6.15. The summed E-state index contributed by atoms with van der Waals surface area (Å²) in [4.78, 5) is 10.0. The summed E-state index contributed by atoms with van der Waals surface area (Å²) in [6, 6.07) is 9.16. The third kappa shape index (κ3) is 4.36. The quantitative estimate of drug-likeness (QED) is 0.878. The normalized spacial score (nSPS) is 23.5. The summed E-state index contributed by atoms with van der Waals surface area (Å²) < 4.78 is 2.42.